The van der Waals surface area contributed by atoms with E-state index in [1.54, 1.807) is 0 Å². The zero-order valence-corrected chi connectivity index (χ0v) is 18.0. The monoisotopic (exact) mass is 433 g/mol. The molecule has 2 aliphatic rings. The van der Waals surface area contributed by atoms with Crippen molar-refractivity contribution in [2.75, 3.05) is 37.7 Å². The number of H-pyrrole nitrogens is 1. The van der Waals surface area contributed by atoms with Crippen molar-refractivity contribution in [1.29, 1.82) is 0 Å². The number of aromatic amines is 1. The molecule has 31 heavy (non-hydrogen) atoms. The van der Waals surface area contributed by atoms with Gasteiger partial charge < -0.3 is 14.6 Å². The van der Waals surface area contributed by atoms with Gasteiger partial charge in [-0.25, -0.2) is 9.97 Å². The molecular formula is C24H24ClN5O. The number of hydrogen-bond donors (Lipinski definition) is 1. The Morgan fingerprint density at radius 3 is 2.77 bits per heavy atom. The molecule has 2 aromatic carbocycles. The van der Waals surface area contributed by atoms with Crippen molar-refractivity contribution in [3.8, 4) is 0 Å². The number of nitrogens with one attached hydrogen (secondary N) is 1. The fourth-order valence-corrected chi connectivity index (χ4v) is 4.97. The first-order valence-corrected chi connectivity index (χ1v) is 11.2. The van der Waals surface area contributed by atoms with Crippen molar-refractivity contribution >= 4 is 39.2 Å². The van der Waals surface area contributed by atoms with Crippen LogP contribution in [0, 0.1) is 0 Å². The van der Waals surface area contributed by atoms with E-state index in [-0.39, 0.29) is 0 Å². The molecule has 2 aliphatic heterocycles. The molecule has 1 N–H and O–H groups in total. The maximum atomic E-state index is 6.30. The molecule has 0 unspecified atom stereocenters. The van der Waals surface area contributed by atoms with Crippen LogP contribution in [0.2, 0.25) is 5.02 Å². The first-order chi connectivity index (χ1) is 15.2. The first-order valence-electron chi connectivity index (χ1n) is 10.8. The minimum absolute atomic E-state index is 0.709. The van der Waals surface area contributed by atoms with Crippen molar-refractivity contribution in [3.63, 3.8) is 0 Å². The van der Waals surface area contributed by atoms with Gasteiger partial charge in [0.2, 0.25) is 0 Å². The predicted octanol–water partition coefficient (Wildman–Crippen LogP) is 4.16. The maximum Gasteiger partial charge on any atom is 0.145 e. The van der Waals surface area contributed by atoms with E-state index < -0.39 is 0 Å². The van der Waals surface area contributed by atoms with Crippen LogP contribution < -0.4 is 4.90 Å². The van der Waals surface area contributed by atoms with Gasteiger partial charge >= 0.3 is 0 Å². The lowest BCUT2D eigenvalue weighted by molar-refractivity contribution is 0.122. The van der Waals surface area contributed by atoms with E-state index in [0.717, 1.165) is 74.9 Å². The minimum Gasteiger partial charge on any atom is -0.378 e. The number of ether oxygens (including phenoxy) is 1. The lowest BCUT2D eigenvalue weighted by atomic mass is 10.0. The highest BCUT2D eigenvalue weighted by atomic mass is 35.5. The van der Waals surface area contributed by atoms with E-state index >= 15 is 0 Å². The van der Waals surface area contributed by atoms with Gasteiger partial charge in [-0.1, -0.05) is 29.8 Å². The van der Waals surface area contributed by atoms with Gasteiger partial charge in [0, 0.05) is 53.2 Å². The van der Waals surface area contributed by atoms with Crippen LogP contribution >= 0.6 is 11.6 Å². The smallest absolute Gasteiger partial charge is 0.145 e. The lowest BCUT2D eigenvalue weighted by Crippen LogP contribution is -2.37. The summed E-state index contributed by atoms with van der Waals surface area (Å²) in [6.45, 7) is 5.72. The lowest BCUT2D eigenvalue weighted by Gasteiger charge is -2.30. The molecule has 0 atom stereocenters. The van der Waals surface area contributed by atoms with E-state index in [9.17, 15) is 0 Å². The van der Waals surface area contributed by atoms with E-state index in [2.05, 4.69) is 39.0 Å². The fraction of sp³-hybridized carbons (Fsp3) is 0.333. The third-order valence-electron chi connectivity index (χ3n) is 6.32. The van der Waals surface area contributed by atoms with Gasteiger partial charge in [-0.3, -0.25) is 4.90 Å². The standard InChI is InChI=1S/C24H24ClN5O/c25-16-5-6-21-19(13-16)24(30-9-11-31-12-10-30)28-23(27-21)15-29-8-7-18-17-3-1-2-4-20(17)26-22(18)14-29/h1-6,13,26H,7-12,14-15H2. The summed E-state index contributed by atoms with van der Waals surface area (Å²) in [6, 6.07) is 14.5. The maximum absolute atomic E-state index is 6.30. The Kier molecular flexibility index (Phi) is 4.78. The van der Waals surface area contributed by atoms with Crippen molar-refractivity contribution in [2.24, 2.45) is 0 Å². The van der Waals surface area contributed by atoms with Crippen LogP contribution in [0.5, 0.6) is 0 Å². The van der Waals surface area contributed by atoms with Crippen molar-refractivity contribution in [3.05, 3.63) is 64.6 Å². The Hall–Kier alpha value is -2.67. The molecule has 1 fully saturated rings. The van der Waals surface area contributed by atoms with Crippen LogP contribution in [0.3, 0.4) is 0 Å². The summed E-state index contributed by atoms with van der Waals surface area (Å²) in [5.41, 5.74) is 4.94. The molecule has 158 valence electrons. The third kappa shape index (κ3) is 3.55. The molecule has 6 nitrogen and oxygen atoms in total. The van der Waals surface area contributed by atoms with E-state index in [1.165, 1.54) is 22.2 Å². The number of fused-ring (bicyclic) bond motifs is 4. The molecule has 0 spiro atoms. The van der Waals surface area contributed by atoms with Gasteiger partial charge in [0.15, 0.2) is 0 Å². The van der Waals surface area contributed by atoms with E-state index in [4.69, 9.17) is 26.3 Å². The van der Waals surface area contributed by atoms with Crippen LogP contribution in [0.15, 0.2) is 42.5 Å². The van der Waals surface area contributed by atoms with Gasteiger partial charge in [-0.15, -0.1) is 0 Å². The van der Waals surface area contributed by atoms with Crippen LogP contribution in [0.25, 0.3) is 21.8 Å². The molecule has 0 amide bonds. The zero-order valence-electron chi connectivity index (χ0n) is 17.3. The molecule has 0 bridgehead atoms. The summed E-state index contributed by atoms with van der Waals surface area (Å²) in [5, 5.41) is 3.07. The highest BCUT2D eigenvalue weighted by molar-refractivity contribution is 6.31. The van der Waals surface area contributed by atoms with Gasteiger partial charge in [-0.2, -0.15) is 0 Å². The number of anilines is 1. The molecule has 6 rings (SSSR count). The topological polar surface area (TPSA) is 57.3 Å². The van der Waals surface area contributed by atoms with Gasteiger partial charge in [0.25, 0.3) is 0 Å². The highest BCUT2D eigenvalue weighted by Gasteiger charge is 2.23. The Labute approximate surface area is 185 Å². The zero-order chi connectivity index (χ0) is 20.8. The molecule has 4 aromatic rings. The normalized spacial score (nSPS) is 17.4. The minimum atomic E-state index is 0.709. The number of hydrogen-bond acceptors (Lipinski definition) is 5. The van der Waals surface area contributed by atoms with Crippen LogP contribution in [-0.4, -0.2) is 52.7 Å². The molecule has 0 aliphatic carbocycles. The predicted molar refractivity (Wildman–Crippen MR) is 124 cm³/mol. The Morgan fingerprint density at radius 2 is 1.87 bits per heavy atom. The second kappa shape index (κ2) is 7.79. The second-order valence-electron chi connectivity index (χ2n) is 8.31. The molecule has 4 heterocycles. The SMILES string of the molecule is Clc1ccc2nc(CN3CCc4c([nH]c5ccccc45)C3)nc(N3CCOCC3)c2c1. The number of para-hydroxylation sites is 1. The summed E-state index contributed by atoms with van der Waals surface area (Å²) < 4.78 is 5.54. The van der Waals surface area contributed by atoms with Crippen LogP contribution in [-0.2, 0) is 24.2 Å². The summed E-state index contributed by atoms with van der Waals surface area (Å²) in [5.74, 6) is 1.82. The number of benzene rings is 2. The Balaban J connectivity index is 1.32. The van der Waals surface area contributed by atoms with Gasteiger partial charge in [0.05, 0.1) is 25.3 Å². The number of rotatable bonds is 3. The fourth-order valence-electron chi connectivity index (χ4n) is 4.80. The average molecular weight is 434 g/mol. The summed E-state index contributed by atoms with van der Waals surface area (Å²) in [6.07, 6.45) is 1.04. The van der Waals surface area contributed by atoms with E-state index in [1.807, 2.05) is 18.2 Å². The number of morpholine rings is 1. The molecule has 7 heteroatoms. The second-order valence-corrected chi connectivity index (χ2v) is 8.75. The summed E-state index contributed by atoms with van der Waals surface area (Å²) >= 11 is 6.30. The van der Waals surface area contributed by atoms with Gasteiger partial charge in [-0.05, 0) is 36.2 Å². The first kappa shape index (κ1) is 19.0. The summed E-state index contributed by atoms with van der Waals surface area (Å²) in [4.78, 5) is 18.2. The third-order valence-corrected chi connectivity index (χ3v) is 6.56. The number of halogens is 1. The van der Waals surface area contributed by atoms with Gasteiger partial charge in [0.1, 0.15) is 11.6 Å². The number of nitrogens with zero attached hydrogens (tertiary/aromatic N) is 4. The average Bonchev–Trinajstić information content (AvgIpc) is 3.17. The molecular weight excluding hydrogens is 410 g/mol. The Bertz CT molecular complexity index is 1260. The largest absolute Gasteiger partial charge is 0.378 e. The van der Waals surface area contributed by atoms with Crippen molar-refractivity contribution in [2.45, 2.75) is 19.5 Å². The number of aromatic nitrogens is 3. The quantitative estimate of drug-likeness (QED) is 0.525. The molecule has 1 saturated heterocycles. The summed E-state index contributed by atoms with van der Waals surface area (Å²) in [7, 11) is 0. The van der Waals surface area contributed by atoms with Crippen molar-refractivity contribution in [1.82, 2.24) is 19.9 Å². The van der Waals surface area contributed by atoms with E-state index in [0.29, 0.717) is 5.02 Å². The molecule has 2 aromatic heterocycles. The van der Waals surface area contributed by atoms with Crippen molar-refractivity contribution < 1.29 is 4.74 Å². The van der Waals surface area contributed by atoms with Crippen LogP contribution in [0.1, 0.15) is 17.1 Å². The molecule has 0 radical (unpaired) electrons. The van der Waals surface area contributed by atoms with Crippen LogP contribution in [0.4, 0.5) is 5.82 Å². The highest BCUT2D eigenvalue weighted by Crippen LogP contribution is 2.30. The Morgan fingerprint density at radius 1 is 1.00 bits per heavy atom. The molecule has 0 saturated carbocycles.